The predicted octanol–water partition coefficient (Wildman–Crippen LogP) is 6.75. The van der Waals surface area contributed by atoms with Crippen molar-refractivity contribution in [1.29, 1.82) is 0 Å². The number of ketones is 1. The van der Waals surface area contributed by atoms with Gasteiger partial charge in [0.25, 0.3) is 0 Å². The molecule has 0 aromatic heterocycles. The van der Waals surface area contributed by atoms with Crippen molar-refractivity contribution in [2.75, 3.05) is 0 Å². The van der Waals surface area contributed by atoms with Gasteiger partial charge in [-0.1, -0.05) is 34.8 Å². The first-order chi connectivity index (χ1) is 11.4. The van der Waals surface area contributed by atoms with Crippen LogP contribution in [0.3, 0.4) is 0 Å². The third kappa shape index (κ3) is 4.42. The average molecular weight is 432 g/mol. The Morgan fingerprint density at radius 2 is 1.56 bits per heavy atom. The summed E-state index contributed by atoms with van der Waals surface area (Å²) in [5.41, 5.74) is -0.537. The standard InChI is InChI=1S/C16H9Cl3F4OS/c17-10-4-9(5-11(18)6-10)15(25,16(21,22)23)7-14(24)8-1-2-13(20)12(19)3-8/h1-6,25H,7H2. The Morgan fingerprint density at radius 3 is 2.04 bits per heavy atom. The van der Waals surface area contributed by atoms with Crippen LogP contribution >= 0.6 is 47.4 Å². The van der Waals surface area contributed by atoms with Gasteiger partial charge in [-0.15, -0.1) is 0 Å². The zero-order chi connectivity index (χ0) is 19.0. The fourth-order valence-electron chi connectivity index (χ4n) is 2.16. The molecule has 0 radical (unpaired) electrons. The number of alkyl halides is 3. The summed E-state index contributed by atoms with van der Waals surface area (Å²) in [4.78, 5) is 12.3. The summed E-state index contributed by atoms with van der Waals surface area (Å²) in [5.74, 6) is -1.70. The summed E-state index contributed by atoms with van der Waals surface area (Å²) in [5, 5.41) is -0.418. The Hall–Kier alpha value is -0.950. The van der Waals surface area contributed by atoms with Crippen LogP contribution in [0.5, 0.6) is 0 Å². The third-order valence-electron chi connectivity index (χ3n) is 3.47. The Morgan fingerprint density at radius 1 is 1.00 bits per heavy atom. The molecule has 0 heterocycles. The van der Waals surface area contributed by atoms with Gasteiger partial charge in [-0.3, -0.25) is 4.79 Å². The molecule has 9 heteroatoms. The normalized spacial score (nSPS) is 14.2. The number of rotatable bonds is 4. The first-order valence-corrected chi connectivity index (χ1v) is 8.26. The molecule has 2 rings (SSSR count). The molecule has 0 spiro atoms. The molecule has 0 amide bonds. The monoisotopic (exact) mass is 430 g/mol. The lowest BCUT2D eigenvalue weighted by Gasteiger charge is -2.31. The highest BCUT2D eigenvalue weighted by atomic mass is 35.5. The minimum absolute atomic E-state index is 0.0255. The topological polar surface area (TPSA) is 17.1 Å². The number of carbonyl (C=O) groups is 1. The second-order valence-corrected chi connectivity index (χ2v) is 7.29. The summed E-state index contributed by atoms with van der Waals surface area (Å²) in [6, 6.07) is 6.27. The highest BCUT2D eigenvalue weighted by molar-refractivity contribution is 7.81. The second-order valence-electron chi connectivity index (χ2n) is 5.24. The van der Waals surface area contributed by atoms with Gasteiger partial charge < -0.3 is 0 Å². The van der Waals surface area contributed by atoms with E-state index in [1.807, 2.05) is 0 Å². The number of carbonyl (C=O) groups excluding carboxylic acids is 1. The molecule has 2 aromatic rings. The Bertz CT molecular complexity index is 805. The van der Waals surface area contributed by atoms with E-state index in [0.29, 0.717) is 0 Å². The molecule has 1 nitrogen and oxygen atoms in total. The molecule has 0 N–H and O–H groups in total. The van der Waals surface area contributed by atoms with Gasteiger partial charge in [-0.2, -0.15) is 25.8 Å². The SMILES string of the molecule is O=C(CC(S)(c1cc(Cl)cc(Cl)c1)C(F)(F)F)c1ccc(F)c(Cl)c1. The summed E-state index contributed by atoms with van der Waals surface area (Å²) >= 11 is 20.9. The van der Waals surface area contributed by atoms with E-state index in [9.17, 15) is 22.4 Å². The van der Waals surface area contributed by atoms with Crippen LogP contribution in [0.15, 0.2) is 36.4 Å². The van der Waals surface area contributed by atoms with Crippen LogP contribution in [-0.4, -0.2) is 12.0 Å². The van der Waals surface area contributed by atoms with Crippen LogP contribution in [0.2, 0.25) is 15.1 Å². The molecule has 0 aliphatic rings. The quantitative estimate of drug-likeness (QED) is 0.322. The minimum atomic E-state index is -4.89. The van der Waals surface area contributed by atoms with Crippen molar-refractivity contribution in [2.45, 2.75) is 17.3 Å². The highest BCUT2D eigenvalue weighted by Gasteiger charge is 2.54. The maximum Gasteiger partial charge on any atom is 0.407 e. The summed E-state index contributed by atoms with van der Waals surface area (Å²) in [6.07, 6.45) is -5.93. The lowest BCUT2D eigenvalue weighted by molar-refractivity contribution is -0.160. The maximum atomic E-state index is 13.7. The Labute approximate surface area is 161 Å². The number of hydrogen-bond acceptors (Lipinski definition) is 2. The van der Waals surface area contributed by atoms with E-state index < -0.39 is 28.9 Å². The fraction of sp³-hybridized carbons (Fsp3) is 0.188. The molecule has 0 aliphatic heterocycles. The number of hydrogen-bond donors (Lipinski definition) is 1. The van der Waals surface area contributed by atoms with Gasteiger partial charge in [-0.25, -0.2) is 4.39 Å². The predicted molar refractivity (Wildman–Crippen MR) is 93.5 cm³/mol. The van der Waals surface area contributed by atoms with Gasteiger partial charge in [0.1, 0.15) is 10.6 Å². The van der Waals surface area contributed by atoms with Crippen molar-refractivity contribution in [3.63, 3.8) is 0 Å². The first kappa shape index (κ1) is 20.4. The maximum absolute atomic E-state index is 13.7. The highest BCUT2D eigenvalue weighted by Crippen LogP contribution is 2.48. The Kier molecular flexibility index (Phi) is 5.99. The first-order valence-electron chi connectivity index (χ1n) is 6.68. The van der Waals surface area contributed by atoms with E-state index in [-0.39, 0.29) is 26.2 Å². The smallest absolute Gasteiger partial charge is 0.294 e. The van der Waals surface area contributed by atoms with Crippen molar-refractivity contribution >= 4 is 53.2 Å². The van der Waals surface area contributed by atoms with Gasteiger partial charge in [0, 0.05) is 22.0 Å². The van der Waals surface area contributed by atoms with Crippen LogP contribution in [-0.2, 0) is 4.75 Å². The molecule has 0 aliphatic carbocycles. The average Bonchev–Trinajstić information content (AvgIpc) is 2.47. The molecule has 1 atom stereocenters. The van der Waals surface area contributed by atoms with Crippen molar-refractivity contribution in [1.82, 2.24) is 0 Å². The summed E-state index contributed by atoms with van der Waals surface area (Å²) < 4.78 is 51.4. The molecule has 2 aromatic carbocycles. The lowest BCUT2D eigenvalue weighted by atomic mass is 9.89. The molecule has 1 unspecified atom stereocenters. The van der Waals surface area contributed by atoms with Crippen LogP contribution in [0.4, 0.5) is 17.6 Å². The molecule has 0 fully saturated rings. The fourth-order valence-corrected chi connectivity index (χ4v) is 3.14. The van der Waals surface area contributed by atoms with E-state index in [0.717, 1.165) is 30.3 Å². The van der Waals surface area contributed by atoms with Crippen molar-refractivity contribution in [3.8, 4) is 0 Å². The van der Waals surface area contributed by atoms with Crippen molar-refractivity contribution < 1.29 is 22.4 Å². The Balaban J connectivity index is 2.47. The summed E-state index contributed by atoms with van der Waals surface area (Å²) in [6.45, 7) is 0. The number of halogens is 7. The van der Waals surface area contributed by atoms with Gasteiger partial charge >= 0.3 is 6.18 Å². The van der Waals surface area contributed by atoms with E-state index in [1.54, 1.807) is 0 Å². The zero-order valence-electron chi connectivity index (χ0n) is 12.2. The van der Waals surface area contributed by atoms with E-state index >= 15 is 0 Å². The van der Waals surface area contributed by atoms with Gasteiger partial charge in [0.15, 0.2) is 5.78 Å². The number of benzene rings is 2. The molecule has 0 bridgehead atoms. The molecule has 0 saturated heterocycles. The summed E-state index contributed by atoms with van der Waals surface area (Å²) in [7, 11) is 0. The van der Waals surface area contributed by atoms with Crippen LogP contribution < -0.4 is 0 Å². The largest absolute Gasteiger partial charge is 0.407 e. The van der Waals surface area contributed by atoms with Crippen LogP contribution in [0, 0.1) is 5.82 Å². The molecule has 134 valence electrons. The van der Waals surface area contributed by atoms with Crippen molar-refractivity contribution in [3.05, 3.63) is 68.4 Å². The van der Waals surface area contributed by atoms with Gasteiger partial charge in [0.05, 0.1) is 5.02 Å². The van der Waals surface area contributed by atoms with E-state index in [1.165, 1.54) is 6.07 Å². The minimum Gasteiger partial charge on any atom is -0.294 e. The molecule has 25 heavy (non-hydrogen) atoms. The van der Waals surface area contributed by atoms with E-state index in [4.69, 9.17) is 34.8 Å². The van der Waals surface area contributed by atoms with Gasteiger partial charge in [-0.05, 0) is 42.0 Å². The van der Waals surface area contributed by atoms with Crippen molar-refractivity contribution in [2.24, 2.45) is 0 Å². The molecule has 0 saturated carbocycles. The lowest BCUT2D eigenvalue weighted by Crippen LogP contribution is -2.39. The zero-order valence-corrected chi connectivity index (χ0v) is 15.3. The molecular weight excluding hydrogens is 423 g/mol. The second kappa shape index (κ2) is 7.35. The van der Waals surface area contributed by atoms with Crippen LogP contribution in [0.25, 0.3) is 0 Å². The number of thiol groups is 1. The van der Waals surface area contributed by atoms with E-state index in [2.05, 4.69) is 12.6 Å². The van der Waals surface area contributed by atoms with Crippen LogP contribution in [0.1, 0.15) is 22.3 Å². The molecular formula is C16H9Cl3F4OS. The number of Topliss-reactive ketones (excluding diaryl/α,β-unsaturated/α-hetero) is 1. The third-order valence-corrected chi connectivity index (χ3v) is 4.86. The van der Waals surface area contributed by atoms with Gasteiger partial charge in [0.2, 0.25) is 0 Å².